The summed E-state index contributed by atoms with van der Waals surface area (Å²) in [6.45, 7) is 2.38. The van der Waals surface area contributed by atoms with Crippen molar-refractivity contribution in [3.63, 3.8) is 0 Å². The molecule has 0 unspecified atom stereocenters. The largest absolute Gasteiger partial charge is 0.494 e. The first-order valence-corrected chi connectivity index (χ1v) is 11.4. The number of hydrogen-bond acceptors (Lipinski definition) is 5. The molecule has 1 aliphatic rings. The van der Waals surface area contributed by atoms with Crippen molar-refractivity contribution < 1.29 is 35.9 Å². The molecule has 0 atom stereocenters. The number of rotatable bonds is 7. The highest BCUT2D eigenvalue weighted by Crippen LogP contribution is 2.31. The number of carbonyl (C=O) groups excluding carboxylic acids is 1. The third kappa shape index (κ3) is 5.71. The zero-order chi connectivity index (χ0) is 23.4. The Bertz CT molecular complexity index is 1030. The fourth-order valence-corrected chi connectivity index (χ4v) is 4.62. The zero-order valence-electron chi connectivity index (χ0n) is 17.3. The standard InChI is InChI=1S/C21H23F3N2O5S/c1-2-30-17-6-8-19(9-7-17)32(28,29)26-12-10-25(11-13-26)20(27)15-31-18-5-3-4-16(14-18)21(22,23)24/h3-9,14H,2,10-13,15H2,1H3. The summed E-state index contributed by atoms with van der Waals surface area (Å²) in [5, 5.41) is 0. The van der Waals surface area contributed by atoms with Crippen LogP contribution in [0.1, 0.15) is 12.5 Å². The molecular formula is C21H23F3N2O5S. The van der Waals surface area contributed by atoms with Gasteiger partial charge in [-0.2, -0.15) is 17.5 Å². The number of ether oxygens (including phenoxy) is 2. The molecular weight excluding hydrogens is 449 g/mol. The minimum absolute atomic E-state index is 0.0649. The SMILES string of the molecule is CCOc1ccc(S(=O)(=O)N2CCN(C(=O)COc3cccc(C(F)(F)F)c3)CC2)cc1. The number of piperazine rings is 1. The van der Waals surface area contributed by atoms with Gasteiger partial charge in [-0.1, -0.05) is 6.07 Å². The van der Waals surface area contributed by atoms with Crippen molar-refractivity contribution >= 4 is 15.9 Å². The van der Waals surface area contributed by atoms with Crippen molar-refractivity contribution in [2.45, 2.75) is 18.0 Å². The van der Waals surface area contributed by atoms with Crippen LogP contribution in [0.3, 0.4) is 0 Å². The van der Waals surface area contributed by atoms with Gasteiger partial charge in [-0.25, -0.2) is 8.42 Å². The molecule has 7 nitrogen and oxygen atoms in total. The van der Waals surface area contributed by atoms with Crippen LogP contribution in [0.2, 0.25) is 0 Å². The summed E-state index contributed by atoms with van der Waals surface area (Å²) >= 11 is 0. The number of halogens is 3. The highest BCUT2D eigenvalue weighted by molar-refractivity contribution is 7.89. The molecule has 0 spiro atoms. The van der Waals surface area contributed by atoms with E-state index in [4.69, 9.17) is 9.47 Å². The number of carbonyl (C=O) groups is 1. The lowest BCUT2D eigenvalue weighted by atomic mass is 10.2. The molecule has 1 amide bonds. The second-order valence-corrected chi connectivity index (χ2v) is 8.94. The summed E-state index contributed by atoms with van der Waals surface area (Å²) in [6.07, 6.45) is -4.51. The first-order chi connectivity index (χ1) is 15.1. The van der Waals surface area contributed by atoms with Gasteiger partial charge in [0, 0.05) is 26.2 Å². The molecule has 0 aliphatic carbocycles. The molecule has 0 radical (unpaired) electrons. The van der Waals surface area contributed by atoms with Crippen molar-refractivity contribution in [3.8, 4) is 11.5 Å². The van der Waals surface area contributed by atoms with E-state index in [1.54, 1.807) is 12.1 Å². The van der Waals surface area contributed by atoms with Crippen LogP contribution in [-0.4, -0.2) is 62.9 Å². The molecule has 0 bridgehead atoms. The minimum Gasteiger partial charge on any atom is -0.494 e. The average molecular weight is 472 g/mol. The quantitative estimate of drug-likeness (QED) is 0.619. The maximum Gasteiger partial charge on any atom is 0.416 e. The Balaban J connectivity index is 1.54. The molecule has 0 N–H and O–H groups in total. The van der Waals surface area contributed by atoms with Gasteiger partial charge in [0.15, 0.2) is 6.61 Å². The lowest BCUT2D eigenvalue weighted by Crippen LogP contribution is -2.51. The van der Waals surface area contributed by atoms with Crippen molar-refractivity contribution in [1.29, 1.82) is 0 Å². The zero-order valence-corrected chi connectivity index (χ0v) is 18.2. The topological polar surface area (TPSA) is 76.2 Å². The van der Waals surface area contributed by atoms with E-state index < -0.39 is 34.3 Å². The summed E-state index contributed by atoms with van der Waals surface area (Å²) < 4.78 is 75.8. The van der Waals surface area contributed by atoms with Crippen LogP contribution >= 0.6 is 0 Å². The van der Waals surface area contributed by atoms with Crippen molar-refractivity contribution in [3.05, 3.63) is 54.1 Å². The molecule has 3 rings (SSSR count). The van der Waals surface area contributed by atoms with Gasteiger partial charge in [-0.3, -0.25) is 4.79 Å². The van der Waals surface area contributed by atoms with Crippen LogP contribution in [0.5, 0.6) is 11.5 Å². The first-order valence-electron chi connectivity index (χ1n) is 9.92. The molecule has 0 saturated carbocycles. The number of benzene rings is 2. The fraction of sp³-hybridized carbons (Fsp3) is 0.381. The van der Waals surface area contributed by atoms with E-state index in [0.717, 1.165) is 12.1 Å². The number of nitrogens with zero attached hydrogens (tertiary/aromatic N) is 2. The van der Waals surface area contributed by atoms with Crippen LogP contribution in [0.25, 0.3) is 0 Å². The predicted molar refractivity (Wildman–Crippen MR) is 110 cm³/mol. The Hall–Kier alpha value is -2.79. The summed E-state index contributed by atoms with van der Waals surface area (Å²) in [7, 11) is -3.71. The molecule has 2 aromatic carbocycles. The number of amides is 1. The highest BCUT2D eigenvalue weighted by atomic mass is 32.2. The molecule has 0 aromatic heterocycles. The summed E-state index contributed by atoms with van der Waals surface area (Å²) in [6, 6.07) is 10.4. The van der Waals surface area contributed by atoms with Gasteiger partial charge in [0.05, 0.1) is 17.1 Å². The molecule has 174 valence electrons. The van der Waals surface area contributed by atoms with E-state index in [-0.39, 0.29) is 36.8 Å². The maximum atomic E-state index is 12.8. The van der Waals surface area contributed by atoms with Gasteiger partial charge in [-0.05, 0) is 49.4 Å². The van der Waals surface area contributed by atoms with Gasteiger partial charge >= 0.3 is 6.18 Å². The fourth-order valence-electron chi connectivity index (χ4n) is 3.20. The second-order valence-electron chi connectivity index (χ2n) is 7.00. The summed E-state index contributed by atoms with van der Waals surface area (Å²) in [4.78, 5) is 13.9. The number of sulfonamides is 1. The third-order valence-corrected chi connectivity index (χ3v) is 6.80. The Kier molecular flexibility index (Phi) is 7.29. The van der Waals surface area contributed by atoms with Crippen LogP contribution in [0, 0.1) is 0 Å². The van der Waals surface area contributed by atoms with Crippen LogP contribution < -0.4 is 9.47 Å². The maximum absolute atomic E-state index is 12.8. The Morgan fingerprint density at radius 2 is 1.62 bits per heavy atom. The molecule has 1 aliphatic heterocycles. The van der Waals surface area contributed by atoms with E-state index in [0.29, 0.717) is 12.4 Å². The van der Waals surface area contributed by atoms with Gasteiger partial charge in [0.1, 0.15) is 11.5 Å². The van der Waals surface area contributed by atoms with Gasteiger partial charge < -0.3 is 14.4 Å². The smallest absolute Gasteiger partial charge is 0.416 e. The van der Waals surface area contributed by atoms with Crippen LogP contribution in [0.4, 0.5) is 13.2 Å². The number of alkyl halides is 3. The molecule has 11 heteroatoms. The predicted octanol–water partition coefficient (Wildman–Crippen LogP) is 3.02. The van der Waals surface area contributed by atoms with E-state index in [1.807, 2.05) is 6.92 Å². The summed E-state index contributed by atoms with van der Waals surface area (Å²) in [5.74, 6) is 0.0769. The Morgan fingerprint density at radius 1 is 0.969 bits per heavy atom. The molecule has 1 heterocycles. The first kappa shape index (κ1) is 23.9. The van der Waals surface area contributed by atoms with Gasteiger partial charge in [0.25, 0.3) is 5.91 Å². The number of hydrogen-bond donors (Lipinski definition) is 0. The van der Waals surface area contributed by atoms with E-state index in [9.17, 15) is 26.4 Å². The van der Waals surface area contributed by atoms with Crippen molar-refractivity contribution in [1.82, 2.24) is 9.21 Å². The molecule has 32 heavy (non-hydrogen) atoms. The second kappa shape index (κ2) is 9.78. The van der Waals surface area contributed by atoms with Crippen molar-refractivity contribution in [2.75, 3.05) is 39.4 Å². The lowest BCUT2D eigenvalue weighted by molar-refractivity contribution is -0.137. The van der Waals surface area contributed by atoms with Gasteiger partial charge in [-0.15, -0.1) is 0 Å². The van der Waals surface area contributed by atoms with Crippen molar-refractivity contribution in [2.24, 2.45) is 0 Å². The normalized spacial score (nSPS) is 15.4. The Labute approximate surface area is 184 Å². The third-order valence-electron chi connectivity index (χ3n) is 4.89. The van der Waals surface area contributed by atoms with E-state index in [2.05, 4.69) is 0 Å². The Morgan fingerprint density at radius 3 is 2.22 bits per heavy atom. The monoisotopic (exact) mass is 472 g/mol. The van der Waals surface area contributed by atoms with Crippen LogP contribution in [-0.2, 0) is 21.0 Å². The van der Waals surface area contributed by atoms with E-state index in [1.165, 1.54) is 33.5 Å². The van der Waals surface area contributed by atoms with Gasteiger partial charge in [0.2, 0.25) is 10.0 Å². The summed E-state index contributed by atoms with van der Waals surface area (Å²) in [5.41, 5.74) is -0.865. The minimum atomic E-state index is -4.51. The average Bonchev–Trinajstić information content (AvgIpc) is 2.78. The van der Waals surface area contributed by atoms with Crippen LogP contribution in [0.15, 0.2) is 53.4 Å². The molecule has 2 aromatic rings. The molecule has 1 saturated heterocycles. The lowest BCUT2D eigenvalue weighted by Gasteiger charge is -2.34. The highest BCUT2D eigenvalue weighted by Gasteiger charge is 2.32. The molecule has 1 fully saturated rings. The van der Waals surface area contributed by atoms with E-state index >= 15 is 0 Å².